The summed E-state index contributed by atoms with van der Waals surface area (Å²) < 4.78 is 44.6. The highest BCUT2D eigenvalue weighted by Crippen LogP contribution is 2.57. The number of rotatable bonds is 3. The van der Waals surface area contributed by atoms with E-state index >= 15 is 0 Å². The molecule has 1 aliphatic carbocycles. The number of carboxylic acids is 1. The van der Waals surface area contributed by atoms with E-state index in [4.69, 9.17) is 14.2 Å². The standard InChI is InChI=1S/C33H41N3O10S/c37-27-17-33(31(39)40)16-23(33)7-4-2-1-3-5-8-25(36-9-6-12-47(36,42)43)30(38)35-20-24(15-26(27)35)46-32(41)34-18-21-13-28-29(14-22(21)19-34)45-11-10-44-28/h4,7,13-14,23-26H,1-3,5-6,8-12,15-20H2,(H,39,40)/b7-4-/t23-,24-,25+,26+,33-/m1/s1. The van der Waals surface area contributed by atoms with E-state index in [0.717, 1.165) is 30.4 Å². The minimum Gasteiger partial charge on any atom is -0.486 e. The molecule has 5 atom stereocenters. The van der Waals surface area contributed by atoms with Gasteiger partial charge in [0.25, 0.3) is 0 Å². The summed E-state index contributed by atoms with van der Waals surface area (Å²) in [6.45, 7) is 1.64. The molecule has 0 radical (unpaired) electrons. The molecule has 2 saturated heterocycles. The highest BCUT2D eigenvalue weighted by atomic mass is 32.2. The predicted octanol–water partition coefficient (Wildman–Crippen LogP) is 2.85. The van der Waals surface area contributed by atoms with E-state index < -0.39 is 57.4 Å². The molecular weight excluding hydrogens is 630 g/mol. The summed E-state index contributed by atoms with van der Waals surface area (Å²) in [5, 5.41) is 10.1. The first-order valence-corrected chi connectivity index (χ1v) is 18.3. The highest BCUT2D eigenvalue weighted by Gasteiger charge is 2.61. The van der Waals surface area contributed by atoms with Gasteiger partial charge >= 0.3 is 12.1 Å². The number of ether oxygens (including phenoxy) is 3. The third kappa shape index (κ3) is 6.10. The largest absolute Gasteiger partial charge is 0.486 e. The van der Waals surface area contributed by atoms with Gasteiger partial charge in [0, 0.05) is 32.5 Å². The van der Waals surface area contributed by atoms with Crippen LogP contribution in [-0.2, 0) is 42.2 Å². The number of carboxylic acid groups (broad SMARTS) is 1. The average molecular weight is 672 g/mol. The minimum atomic E-state index is -3.64. The molecular formula is C33H41N3O10S. The first-order chi connectivity index (χ1) is 22.6. The molecule has 254 valence electrons. The fourth-order valence-electron chi connectivity index (χ4n) is 7.88. The van der Waals surface area contributed by atoms with Crippen molar-refractivity contribution in [1.29, 1.82) is 0 Å². The van der Waals surface area contributed by atoms with Crippen LogP contribution in [0.4, 0.5) is 4.79 Å². The maximum atomic E-state index is 14.3. The van der Waals surface area contributed by atoms with Crippen molar-refractivity contribution in [1.82, 2.24) is 14.1 Å². The molecule has 7 rings (SSSR count). The molecule has 5 heterocycles. The van der Waals surface area contributed by atoms with Crippen LogP contribution < -0.4 is 9.47 Å². The van der Waals surface area contributed by atoms with Crippen LogP contribution in [0.2, 0.25) is 0 Å². The minimum absolute atomic E-state index is 0.0166. The zero-order chi connectivity index (χ0) is 32.9. The first kappa shape index (κ1) is 31.9. The monoisotopic (exact) mass is 671 g/mol. The average Bonchev–Trinajstić information content (AvgIpc) is 3.31. The third-order valence-electron chi connectivity index (χ3n) is 10.6. The summed E-state index contributed by atoms with van der Waals surface area (Å²) >= 11 is 0. The lowest BCUT2D eigenvalue weighted by Gasteiger charge is -2.32. The number of hydrogen-bond donors (Lipinski definition) is 1. The number of amides is 2. The van der Waals surface area contributed by atoms with Crippen LogP contribution in [0.25, 0.3) is 0 Å². The second kappa shape index (κ2) is 12.4. The predicted molar refractivity (Wildman–Crippen MR) is 166 cm³/mol. The van der Waals surface area contributed by atoms with Crippen LogP contribution in [0, 0.1) is 11.3 Å². The van der Waals surface area contributed by atoms with Crippen molar-refractivity contribution < 1.29 is 46.9 Å². The Bertz CT molecular complexity index is 1580. The highest BCUT2D eigenvalue weighted by molar-refractivity contribution is 7.89. The second-order valence-electron chi connectivity index (χ2n) is 13.6. The van der Waals surface area contributed by atoms with Gasteiger partial charge in [-0.1, -0.05) is 25.0 Å². The first-order valence-electron chi connectivity index (χ1n) is 16.7. The zero-order valence-electron chi connectivity index (χ0n) is 26.3. The zero-order valence-corrected chi connectivity index (χ0v) is 27.1. The summed E-state index contributed by atoms with van der Waals surface area (Å²) in [5.41, 5.74) is 0.595. The van der Waals surface area contributed by atoms with E-state index in [1.165, 1.54) is 14.1 Å². The summed E-state index contributed by atoms with van der Waals surface area (Å²) in [7, 11) is -3.64. The fraction of sp³-hybridized carbons (Fsp3) is 0.636. The number of benzene rings is 1. The Kier molecular flexibility index (Phi) is 8.44. The number of nitrogens with zero attached hydrogens (tertiary/aromatic N) is 3. The van der Waals surface area contributed by atoms with Crippen molar-refractivity contribution in [2.45, 2.75) is 89.1 Å². The van der Waals surface area contributed by atoms with Crippen LogP contribution in [-0.4, -0.2) is 102 Å². The van der Waals surface area contributed by atoms with Crippen LogP contribution in [0.3, 0.4) is 0 Å². The molecule has 13 nitrogen and oxygen atoms in total. The Balaban J connectivity index is 1.12. The lowest BCUT2D eigenvalue weighted by Crippen LogP contribution is -2.52. The fourth-order valence-corrected chi connectivity index (χ4v) is 9.60. The molecule has 0 bridgehead atoms. The van der Waals surface area contributed by atoms with Crippen LogP contribution in [0.1, 0.15) is 68.9 Å². The van der Waals surface area contributed by atoms with Crippen molar-refractivity contribution in [3.63, 3.8) is 0 Å². The van der Waals surface area contributed by atoms with Gasteiger partial charge in [0.2, 0.25) is 15.9 Å². The number of hydrogen-bond acceptors (Lipinski definition) is 9. The van der Waals surface area contributed by atoms with Gasteiger partial charge in [-0.3, -0.25) is 19.3 Å². The molecule has 0 aromatic heterocycles. The van der Waals surface area contributed by atoms with Gasteiger partial charge < -0.3 is 24.2 Å². The van der Waals surface area contributed by atoms with Crippen LogP contribution in [0.15, 0.2) is 24.3 Å². The van der Waals surface area contributed by atoms with Gasteiger partial charge in [-0.15, -0.1) is 0 Å². The van der Waals surface area contributed by atoms with Gasteiger partial charge in [-0.2, -0.15) is 4.31 Å². The Labute approximate surface area is 273 Å². The molecule has 1 N–H and O–H groups in total. The van der Waals surface area contributed by atoms with E-state index in [2.05, 4.69) is 0 Å². The molecule has 0 unspecified atom stereocenters. The topological polar surface area (TPSA) is 160 Å². The van der Waals surface area contributed by atoms with Crippen molar-refractivity contribution in [3.8, 4) is 11.5 Å². The maximum absolute atomic E-state index is 14.3. The molecule has 1 saturated carbocycles. The normalized spacial score (nSPS) is 32.9. The smallest absolute Gasteiger partial charge is 0.410 e. The lowest BCUT2D eigenvalue weighted by atomic mass is 9.92. The summed E-state index contributed by atoms with van der Waals surface area (Å²) in [5.74, 6) is -0.992. The maximum Gasteiger partial charge on any atom is 0.410 e. The quantitative estimate of drug-likeness (QED) is 0.474. The number of carbonyl (C=O) groups is 4. The van der Waals surface area contributed by atoms with Crippen molar-refractivity contribution in [3.05, 3.63) is 35.4 Å². The van der Waals surface area contributed by atoms with Gasteiger partial charge in [-0.05, 0) is 61.3 Å². The van der Waals surface area contributed by atoms with E-state index in [9.17, 15) is 32.7 Å². The van der Waals surface area contributed by atoms with Gasteiger partial charge in [-0.25, -0.2) is 13.2 Å². The molecule has 1 aromatic rings. The number of carbonyl (C=O) groups excluding carboxylic acids is 3. The molecule has 1 aromatic carbocycles. The summed E-state index contributed by atoms with van der Waals surface area (Å²) in [6, 6.07) is 1.73. The van der Waals surface area contributed by atoms with E-state index in [1.807, 2.05) is 24.3 Å². The number of fused-ring (bicyclic) bond motifs is 4. The van der Waals surface area contributed by atoms with Crippen molar-refractivity contribution in [2.75, 3.05) is 32.1 Å². The van der Waals surface area contributed by atoms with Crippen LogP contribution in [0.5, 0.6) is 11.5 Å². The number of ketones is 1. The lowest BCUT2D eigenvalue weighted by molar-refractivity contribution is -0.147. The Morgan fingerprint density at radius 2 is 1.70 bits per heavy atom. The Morgan fingerprint density at radius 3 is 2.36 bits per heavy atom. The van der Waals surface area contributed by atoms with Gasteiger partial charge in [0.05, 0.1) is 23.8 Å². The Hall–Kier alpha value is -3.65. The number of allylic oxidation sites excluding steroid dienone is 2. The van der Waals surface area contributed by atoms with Crippen LogP contribution >= 0.6 is 0 Å². The van der Waals surface area contributed by atoms with E-state index in [-0.39, 0.29) is 37.6 Å². The number of sulfonamides is 1. The van der Waals surface area contributed by atoms with E-state index in [0.29, 0.717) is 63.5 Å². The number of Topliss-reactive ketones (excluding diaryl/α,β-unsaturated/α-hetero) is 1. The summed E-state index contributed by atoms with van der Waals surface area (Å²) in [4.78, 5) is 57.0. The van der Waals surface area contributed by atoms with Gasteiger partial charge in [0.15, 0.2) is 17.3 Å². The number of aliphatic carboxylic acids is 1. The SMILES string of the molecule is O=C1C[C@]2(C(=O)O)C[C@H]2/C=C\CCCCC[C@H](N2CCCS2(=O)=O)C(=O)N2C[C@H](OC(=O)N3Cc4cc5c(cc4C3)OCCO5)C[C@@H]12. The molecule has 2 amide bonds. The molecule has 5 aliphatic heterocycles. The van der Waals surface area contributed by atoms with Crippen molar-refractivity contribution in [2.24, 2.45) is 11.3 Å². The Morgan fingerprint density at radius 1 is 0.979 bits per heavy atom. The molecule has 47 heavy (non-hydrogen) atoms. The van der Waals surface area contributed by atoms with Crippen molar-refractivity contribution >= 4 is 33.8 Å². The molecule has 3 fully saturated rings. The second-order valence-corrected chi connectivity index (χ2v) is 15.7. The molecule has 0 spiro atoms. The van der Waals surface area contributed by atoms with E-state index in [1.54, 1.807) is 0 Å². The third-order valence-corrected chi connectivity index (χ3v) is 12.5. The molecule has 6 aliphatic rings. The summed E-state index contributed by atoms with van der Waals surface area (Å²) in [6.07, 6.45) is 6.25. The van der Waals surface area contributed by atoms with Gasteiger partial charge in [0.1, 0.15) is 25.4 Å². The molecule has 14 heteroatoms.